The first-order chi connectivity index (χ1) is 16.2. The van der Waals surface area contributed by atoms with Crippen molar-refractivity contribution in [2.75, 3.05) is 72.7 Å². The molecule has 0 saturated carbocycles. The van der Waals surface area contributed by atoms with Gasteiger partial charge in [0.25, 0.3) is 10.1 Å². The van der Waals surface area contributed by atoms with Crippen molar-refractivity contribution in [3.05, 3.63) is 30.3 Å². The van der Waals surface area contributed by atoms with Crippen molar-refractivity contribution in [1.82, 2.24) is 0 Å². The van der Waals surface area contributed by atoms with Crippen LogP contribution in [0, 0.1) is 0 Å². The summed E-state index contributed by atoms with van der Waals surface area (Å²) in [5.74, 6) is -0.279. The molecular weight excluding hydrogens is 468 g/mol. The molecule has 196 valence electrons. The fourth-order valence-corrected chi connectivity index (χ4v) is 3.30. The maximum Gasteiger partial charge on any atom is 0.308 e. The van der Waals surface area contributed by atoms with Gasteiger partial charge in [0.05, 0.1) is 84.0 Å². The zero-order valence-electron chi connectivity index (χ0n) is 20.4. The Morgan fingerprint density at radius 1 is 0.676 bits per heavy atom. The van der Waals surface area contributed by atoms with E-state index in [4.69, 9.17) is 32.6 Å². The summed E-state index contributed by atoms with van der Waals surface area (Å²) in [5, 5.41) is 0. The standard InChI is InChI=1S/C23H38O10S/c1-23(2,3)33-22(24)9-10-27-11-12-28-13-14-29-15-16-30-17-18-31-19-20-32-34(25,26)21-7-5-4-6-8-21/h4-8H,9-20H2,1-3H3. The molecule has 1 rings (SSSR count). The van der Waals surface area contributed by atoms with Gasteiger partial charge in [0.1, 0.15) is 5.60 Å². The van der Waals surface area contributed by atoms with Gasteiger partial charge in [-0.2, -0.15) is 8.42 Å². The third kappa shape index (κ3) is 16.9. The summed E-state index contributed by atoms with van der Waals surface area (Å²) in [5.41, 5.74) is -0.482. The number of benzene rings is 1. The molecule has 0 unspecified atom stereocenters. The predicted octanol–water partition coefficient (Wildman–Crippen LogP) is 2.21. The second-order valence-electron chi connectivity index (χ2n) is 7.99. The SMILES string of the molecule is CC(C)(C)OC(=O)CCOCCOCCOCCOCCOCCOS(=O)(=O)c1ccccc1. The molecule has 34 heavy (non-hydrogen) atoms. The molecule has 0 radical (unpaired) electrons. The smallest absolute Gasteiger partial charge is 0.308 e. The molecule has 10 nitrogen and oxygen atoms in total. The minimum atomic E-state index is -3.75. The van der Waals surface area contributed by atoms with E-state index in [1.54, 1.807) is 18.2 Å². The maximum atomic E-state index is 11.9. The van der Waals surface area contributed by atoms with Gasteiger partial charge in [0.2, 0.25) is 0 Å². The molecule has 0 aliphatic rings. The predicted molar refractivity (Wildman–Crippen MR) is 124 cm³/mol. The third-order valence-corrected chi connectivity index (χ3v) is 5.18. The van der Waals surface area contributed by atoms with Crippen LogP contribution in [0.25, 0.3) is 0 Å². The number of esters is 1. The van der Waals surface area contributed by atoms with Crippen molar-refractivity contribution in [2.45, 2.75) is 37.7 Å². The average Bonchev–Trinajstić information content (AvgIpc) is 2.77. The molecule has 0 heterocycles. The van der Waals surface area contributed by atoms with Crippen LogP contribution in [0.2, 0.25) is 0 Å². The molecule has 11 heteroatoms. The van der Waals surface area contributed by atoms with E-state index in [0.717, 1.165) is 0 Å². The van der Waals surface area contributed by atoms with Crippen LogP contribution < -0.4 is 0 Å². The summed E-state index contributed by atoms with van der Waals surface area (Å²) in [6.07, 6.45) is 0.218. The average molecular weight is 507 g/mol. The Hall–Kier alpha value is -1.60. The first-order valence-electron chi connectivity index (χ1n) is 11.3. The van der Waals surface area contributed by atoms with E-state index in [1.807, 2.05) is 20.8 Å². The lowest BCUT2D eigenvalue weighted by molar-refractivity contribution is -0.156. The van der Waals surface area contributed by atoms with Crippen LogP contribution in [0.3, 0.4) is 0 Å². The van der Waals surface area contributed by atoms with Gasteiger partial charge < -0.3 is 28.4 Å². The van der Waals surface area contributed by atoms with E-state index < -0.39 is 15.7 Å². The van der Waals surface area contributed by atoms with Crippen LogP contribution >= 0.6 is 0 Å². The van der Waals surface area contributed by atoms with Crippen molar-refractivity contribution in [1.29, 1.82) is 0 Å². The molecule has 0 spiro atoms. The molecule has 0 fully saturated rings. The van der Waals surface area contributed by atoms with E-state index in [2.05, 4.69) is 0 Å². The topological polar surface area (TPSA) is 116 Å². The summed E-state index contributed by atoms with van der Waals surface area (Å²) in [4.78, 5) is 11.6. The largest absolute Gasteiger partial charge is 0.460 e. The Kier molecular flexibility index (Phi) is 15.9. The van der Waals surface area contributed by atoms with Gasteiger partial charge in [-0.3, -0.25) is 8.98 Å². The molecule has 0 bridgehead atoms. The zero-order chi connectivity index (χ0) is 25.1. The molecule has 1 aromatic carbocycles. The summed E-state index contributed by atoms with van der Waals surface area (Å²) in [6.45, 7) is 9.08. The Morgan fingerprint density at radius 3 is 1.53 bits per heavy atom. The number of carbonyl (C=O) groups is 1. The van der Waals surface area contributed by atoms with E-state index >= 15 is 0 Å². The van der Waals surface area contributed by atoms with Crippen LogP contribution in [0.15, 0.2) is 35.2 Å². The minimum Gasteiger partial charge on any atom is -0.460 e. The first-order valence-corrected chi connectivity index (χ1v) is 12.7. The highest BCUT2D eigenvalue weighted by Crippen LogP contribution is 2.11. The van der Waals surface area contributed by atoms with Crippen LogP contribution in [-0.2, 0) is 47.5 Å². The Balaban J connectivity index is 1.80. The van der Waals surface area contributed by atoms with Crippen molar-refractivity contribution >= 4 is 16.1 Å². The second-order valence-corrected chi connectivity index (χ2v) is 9.60. The van der Waals surface area contributed by atoms with Crippen molar-refractivity contribution in [3.63, 3.8) is 0 Å². The number of hydrogen-bond donors (Lipinski definition) is 0. The molecule has 0 saturated heterocycles. The summed E-state index contributed by atoms with van der Waals surface area (Å²) in [7, 11) is -3.75. The van der Waals surface area contributed by atoms with E-state index in [0.29, 0.717) is 59.5 Å². The molecule has 1 aromatic rings. The Labute approximate surface area is 202 Å². The van der Waals surface area contributed by atoms with Crippen LogP contribution in [0.1, 0.15) is 27.2 Å². The second kappa shape index (κ2) is 17.8. The van der Waals surface area contributed by atoms with Gasteiger partial charge in [-0.25, -0.2) is 0 Å². The monoisotopic (exact) mass is 506 g/mol. The first kappa shape index (κ1) is 30.4. The third-order valence-electron chi connectivity index (χ3n) is 3.86. The quantitative estimate of drug-likeness (QED) is 0.148. The lowest BCUT2D eigenvalue weighted by atomic mass is 10.2. The molecule has 0 aliphatic heterocycles. The van der Waals surface area contributed by atoms with E-state index in [1.165, 1.54) is 12.1 Å². The van der Waals surface area contributed by atoms with E-state index in [9.17, 15) is 13.2 Å². The van der Waals surface area contributed by atoms with Gasteiger partial charge in [-0.1, -0.05) is 18.2 Å². The lowest BCUT2D eigenvalue weighted by Gasteiger charge is -2.19. The Bertz CT molecular complexity index is 747. The van der Waals surface area contributed by atoms with Crippen molar-refractivity contribution < 1.29 is 45.8 Å². The lowest BCUT2D eigenvalue weighted by Crippen LogP contribution is -2.24. The van der Waals surface area contributed by atoms with Crippen molar-refractivity contribution in [2.24, 2.45) is 0 Å². The van der Waals surface area contributed by atoms with Gasteiger partial charge in [-0.15, -0.1) is 0 Å². The summed E-state index contributed by atoms with van der Waals surface area (Å²) < 4.78 is 60.6. The number of rotatable bonds is 20. The fraction of sp³-hybridized carbons (Fsp3) is 0.696. The van der Waals surface area contributed by atoms with Gasteiger partial charge in [0.15, 0.2) is 0 Å². The number of carbonyl (C=O) groups excluding carboxylic acids is 1. The summed E-state index contributed by atoms with van der Waals surface area (Å²) >= 11 is 0. The Morgan fingerprint density at radius 2 is 1.09 bits per heavy atom. The van der Waals surface area contributed by atoms with Gasteiger partial charge >= 0.3 is 5.97 Å². The zero-order valence-corrected chi connectivity index (χ0v) is 21.2. The van der Waals surface area contributed by atoms with Gasteiger partial charge in [0, 0.05) is 0 Å². The molecule has 0 aliphatic carbocycles. The van der Waals surface area contributed by atoms with Crippen LogP contribution in [-0.4, -0.2) is 92.7 Å². The highest BCUT2D eigenvalue weighted by molar-refractivity contribution is 7.86. The van der Waals surface area contributed by atoms with E-state index in [-0.39, 0.29) is 30.5 Å². The van der Waals surface area contributed by atoms with Crippen LogP contribution in [0.5, 0.6) is 0 Å². The van der Waals surface area contributed by atoms with Crippen LogP contribution in [0.4, 0.5) is 0 Å². The number of hydrogen-bond acceptors (Lipinski definition) is 10. The minimum absolute atomic E-state index is 0.0604. The molecule has 0 N–H and O–H groups in total. The highest BCUT2D eigenvalue weighted by Gasteiger charge is 2.15. The fourth-order valence-electron chi connectivity index (χ4n) is 2.39. The molecular formula is C23H38O10S. The molecule has 0 aromatic heterocycles. The highest BCUT2D eigenvalue weighted by atomic mass is 32.2. The number of ether oxygens (including phenoxy) is 6. The van der Waals surface area contributed by atoms with Gasteiger partial charge in [-0.05, 0) is 32.9 Å². The van der Waals surface area contributed by atoms with Crippen molar-refractivity contribution in [3.8, 4) is 0 Å². The molecule has 0 atom stereocenters. The normalized spacial score (nSPS) is 12.1. The summed E-state index contributed by atoms with van der Waals surface area (Å²) in [6, 6.07) is 7.95. The maximum absolute atomic E-state index is 11.9. The molecule has 0 amide bonds.